The number of carbonyl (C=O) groups is 2. The zero-order valence-corrected chi connectivity index (χ0v) is 11.6. The van der Waals surface area contributed by atoms with Gasteiger partial charge in [-0.1, -0.05) is 11.6 Å². The third kappa shape index (κ3) is 3.75. The molecule has 0 aliphatic heterocycles. The van der Waals surface area contributed by atoms with E-state index in [2.05, 4.69) is 5.32 Å². The van der Waals surface area contributed by atoms with E-state index >= 15 is 0 Å². The summed E-state index contributed by atoms with van der Waals surface area (Å²) in [4.78, 5) is 23.6. The first-order valence-electron chi connectivity index (χ1n) is 5.79. The van der Waals surface area contributed by atoms with Gasteiger partial charge in [-0.05, 0) is 38.0 Å². The van der Waals surface area contributed by atoms with Crippen LogP contribution in [0.25, 0.3) is 0 Å². The van der Waals surface area contributed by atoms with Crippen LogP contribution in [-0.4, -0.2) is 23.5 Å². The first-order valence-corrected chi connectivity index (χ1v) is 7.15. The van der Waals surface area contributed by atoms with Crippen LogP contribution in [0.5, 0.6) is 0 Å². The lowest BCUT2D eigenvalue weighted by Gasteiger charge is -2.05. The molecule has 5 heteroatoms. The first kappa shape index (κ1) is 13.4. The number of nitrogens with one attached hydrogen (secondary N) is 1. The van der Waals surface area contributed by atoms with E-state index < -0.39 is 0 Å². The molecule has 18 heavy (non-hydrogen) atoms. The van der Waals surface area contributed by atoms with Crippen molar-refractivity contribution < 1.29 is 9.59 Å². The molecule has 0 aromatic heterocycles. The average Bonchev–Trinajstić information content (AvgIpc) is 3.10. The SMILES string of the molecule is CC(=O)c1ccc(SCC(=O)NC2CC2)cc1Cl. The fourth-order valence-corrected chi connectivity index (χ4v) is 2.64. The van der Waals surface area contributed by atoms with E-state index in [9.17, 15) is 9.59 Å². The molecule has 1 N–H and O–H groups in total. The third-order valence-corrected chi connectivity index (χ3v) is 3.94. The van der Waals surface area contributed by atoms with E-state index in [1.165, 1.54) is 18.7 Å². The molecule has 1 aliphatic rings. The highest BCUT2D eigenvalue weighted by molar-refractivity contribution is 8.00. The number of thioether (sulfide) groups is 1. The molecule has 2 rings (SSSR count). The Kier molecular flexibility index (Phi) is 4.30. The van der Waals surface area contributed by atoms with Gasteiger partial charge >= 0.3 is 0 Å². The van der Waals surface area contributed by atoms with E-state index in [0.29, 0.717) is 22.4 Å². The molecule has 0 heterocycles. The van der Waals surface area contributed by atoms with Gasteiger partial charge in [-0.2, -0.15) is 0 Å². The molecule has 0 radical (unpaired) electrons. The number of hydrogen-bond acceptors (Lipinski definition) is 3. The molecule has 0 atom stereocenters. The summed E-state index contributed by atoms with van der Waals surface area (Å²) in [5.41, 5.74) is 0.517. The zero-order valence-electron chi connectivity index (χ0n) is 10.0. The number of halogens is 1. The number of rotatable bonds is 5. The van der Waals surface area contributed by atoms with Crippen LogP contribution < -0.4 is 5.32 Å². The van der Waals surface area contributed by atoms with Crippen molar-refractivity contribution >= 4 is 35.1 Å². The topological polar surface area (TPSA) is 46.2 Å². The van der Waals surface area contributed by atoms with Crippen molar-refractivity contribution in [2.45, 2.75) is 30.7 Å². The summed E-state index contributed by atoms with van der Waals surface area (Å²) < 4.78 is 0. The van der Waals surface area contributed by atoms with Crippen LogP contribution in [0.15, 0.2) is 23.1 Å². The van der Waals surface area contributed by atoms with Crippen molar-refractivity contribution in [2.24, 2.45) is 0 Å². The van der Waals surface area contributed by atoms with Crippen LogP contribution in [0.1, 0.15) is 30.1 Å². The monoisotopic (exact) mass is 283 g/mol. The van der Waals surface area contributed by atoms with Crippen molar-refractivity contribution in [3.05, 3.63) is 28.8 Å². The lowest BCUT2D eigenvalue weighted by atomic mass is 10.1. The van der Waals surface area contributed by atoms with Gasteiger partial charge < -0.3 is 5.32 Å². The lowest BCUT2D eigenvalue weighted by Crippen LogP contribution is -2.26. The van der Waals surface area contributed by atoms with E-state index in [4.69, 9.17) is 11.6 Å². The van der Waals surface area contributed by atoms with Gasteiger partial charge in [0.25, 0.3) is 0 Å². The molecular weight excluding hydrogens is 270 g/mol. The van der Waals surface area contributed by atoms with Crippen LogP contribution in [0.2, 0.25) is 5.02 Å². The largest absolute Gasteiger partial charge is 0.353 e. The van der Waals surface area contributed by atoms with E-state index in [1.54, 1.807) is 12.1 Å². The standard InChI is InChI=1S/C13H14ClNO2S/c1-8(16)11-5-4-10(6-12(11)14)18-7-13(17)15-9-2-3-9/h4-6,9H,2-3,7H2,1H3,(H,15,17). The molecule has 0 saturated heterocycles. The smallest absolute Gasteiger partial charge is 0.230 e. The van der Waals surface area contributed by atoms with Gasteiger partial charge in [0.15, 0.2) is 5.78 Å². The number of ketones is 1. The molecule has 3 nitrogen and oxygen atoms in total. The fourth-order valence-electron chi connectivity index (χ4n) is 1.52. The minimum atomic E-state index is -0.0528. The first-order chi connectivity index (χ1) is 8.56. The molecule has 1 saturated carbocycles. The Morgan fingerprint density at radius 2 is 2.17 bits per heavy atom. The Balaban J connectivity index is 1.90. The summed E-state index contributed by atoms with van der Waals surface area (Å²) in [6.45, 7) is 1.48. The molecule has 0 bridgehead atoms. The zero-order chi connectivity index (χ0) is 13.1. The third-order valence-electron chi connectivity index (χ3n) is 2.63. The van der Waals surface area contributed by atoms with Gasteiger partial charge in [-0.3, -0.25) is 9.59 Å². The summed E-state index contributed by atoms with van der Waals surface area (Å²) in [6.07, 6.45) is 2.19. The van der Waals surface area contributed by atoms with Crippen LogP contribution in [0.3, 0.4) is 0 Å². The highest BCUT2D eigenvalue weighted by Gasteiger charge is 2.22. The van der Waals surface area contributed by atoms with E-state index in [-0.39, 0.29) is 11.7 Å². The normalized spacial score (nSPS) is 14.3. The maximum Gasteiger partial charge on any atom is 0.230 e. The summed E-state index contributed by atoms with van der Waals surface area (Å²) in [6, 6.07) is 5.64. The van der Waals surface area contributed by atoms with Gasteiger partial charge in [-0.15, -0.1) is 11.8 Å². The highest BCUT2D eigenvalue weighted by Crippen LogP contribution is 2.25. The maximum atomic E-state index is 11.5. The second-order valence-electron chi connectivity index (χ2n) is 4.33. The number of amides is 1. The second kappa shape index (κ2) is 5.76. The van der Waals surface area contributed by atoms with Crippen molar-refractivity contribution in [3.8, 4) is 0 Å². The van der Waals surface area contributed by atoms with Crippen molar-refractivity contribution in [2.75, 3.05) is 5.75 Å². The Hall–Kier alpha value is -1.00. The molecular formula is C13H14ClNO2S. The van der Waals surface area contributed by atoms with Crippen LogP contribution in [0.4, 0.5) is 0 Å². The van der Waals surface area contributed by atoms with Crippen molar-refractivity contribution in [1.29, 1.82) is 0 Å². The second-order valence-corrected chi connectivity index (χ2v) is 5.78. The molecule has 1 aromatic carbocycles. The van der Waals surface area contributed by atoms with Crippen LogP contribution in [0, 0.1) is 0 Å². The van der Waals surface area contributed by atoms with Crippen molar-refractivity contribution in [1.82, 2.24) is 5.32 Å². The van der Waals surface area contributed by atoms with Gasteiger partial charge in [0, 0.05) is 16.5 Å². The fraction of sp³-hybridized carbons (Fsp3) is 0.385. The molecule has 0 unspecified atom stereocenters. The van der Waals surface area contributed by atoms with E-state index in [1.807, 2.05) is 6.07 Å². The Morgan fingerprint density at radius 1 is 1.44 bits per heavy atom. The Morgan fingerprint density at radius 3 is 2.72 bits per heavy atom. The average molecular weight is 284 g/mol. The van der Waals surface area contributed by atoms with Gasteiger partial charge in [0.05, 0.1) is 10.8 Å². The number of benzene rings is 1. The summed E-state index contributed by atoms with van der Waals surface area (Å²) >= 11 is 7.42. The summed E-state index contributed by atoms with van der Waals surface area (Å²) in [5.74, 6) is 0.379. The van der Waals surface area contributed by atoms with E-state index in [0.717, 1.165) is 17.7 Å². The van der Waals surface area contributed by atoms with Gasteiger partial charge in [-0.25, -0.2) is 0 Å². The molecule has 0 spiro atoms. The number of hydrogen-bond donors (Lipinski definition) is 1. The quantitative estimate of drug-likeness (QED) is 0.668. The van der Waals surface area contributed by atoms with Gasteiger partial charge in [0.2, 0.25) is 5.91 Å². The highest BCUT2D eigenvalue weighted by atomic mass is 35.5. The Labute approximate surface area is 115 Å². The van der Waals surface area contributed by atoms with Crippen molar-refractivity contribution in [3.63, 3.8) is 0 Å². The summed E-state index contributed by atoms with van der Waals surface area (Å²) in [7, 11) is 0. The minimum absolute atomic E-state index is 0.0502. The maximum absolute atomic E-state index is 11.5. The minimum Gasteiger partial charge on any atom is -0.353 e. The Bertz CT molecular complexity index is 486. The predicted molar refractivity (Wildman–Crippen MR) is 73.3 cm³/mol. The summed E-state index contributed by atoms with van der Waals surface area (Å²) in [5, 5.41) is 3.36. The lowest BCUT2D eigenvalue weighted by molar-refractivity contribution is -0.118. The molecule has 1 aromatic rings. The van der Waals surface area contributed by atoms with Crippen LogP contribution in [-0.2, 0) is 4.79 Å². The number of Topliss-reactive ketones (excluding diaryl/α,β-unsaturated/α-hetero) is 1. The number of carbonyl (C=O) groups excluding carboxylic acids is 2. The van der Waals surface area contributed by atoms with Crippen LogP contribution >= 0.6 is 23.4 Å². The van der Waals surface area contributed by atoms with Gasteiger partial charge in [0.1, 0.15) is 0 Å². The molecule has 1 fully saturated rings. The molecule has 1 amide bonds. The molecule has 96 valence electrons. The predicted octanol–water partition coefficient (Wildman–Crippen LogP) is 2.91. The molecule has 1 aliphatic carbocycles.